The van der Waals surface area contributed by atoms with Crippen molar-refractivity contribution in [2.75, 3.05) is 13.6 Å². The molecular weight excluding hydrogens is 196 g/mol. The van der Waals surface area contributed by atoms with Crippen LogP contribution in [0, 0.1) is 11.8 Å². The van der Waals surface area contributed by atoms with E-state index in [0.29, 0.717) is 0 Å². The number of hydrogen-bond donors (Lipinski definition) is 1. The van der Waals surface area contributed by atoms with E-state index in [1.54, 1.807) is 0 Å². The van der Waals surface area contributed by atoms with Crippen LogP contribution < -0.4 is 5.32 Å². The Morgan fingerprint density at radius 2 is 1.94 bits per heavy atom. The third kappa shape index (κ3) is 2.78. The van der Waals surface area contributed by atoms with Crippen molar-refractivity contribution in [1.29, 1.82) is 0 Å². The van der Waals surface area contributed by atoms with E-state index in [-0.39, 0.29) is 0 Å². The molecule has 2 bridgehead atoms. The summed E-state index contributed by atoms with van der Waals surface area (Å²) < 4.78 is 0. The Labute approximate surface area is 99.8 Å². The molecule has 0 aromatic rings. The first kappa shape index (κ1) is 12.0. The molecule has 16 heavy (non-hydrogen) atoms. The van der Waals surface area contributed by atoms with Gasteiger partial charge in [0.15, 0.2) is 0 Å². The largest absolute Gasteiger partial charge is 0.313 e. The molecule has 1 N–H and O–H groups in total. The summed E-state index contributed by atoms with van der Waals surface area (Å²) in [6.07, 6.45) is 7.92. The fourth-order valence-corrected chi connectivity index (χ4v) is 3.25. The van der Waals surface area contributed by atoms with E-state index in [0.717, 1.165) is 31.1 Å². The molecule has 0 saturated carbocycles. The quantitative estimate of drug-likeness (QED) is 0.578. The number of rotatable bonds is 3. The van der Waals surface area contributed by atoms with Gasteiger partial charge in [0.05, 0.1) is 0 Å². The minimum atomic E-state index is 0.741. The van der Waals surface area contributed by atoms with Crippen LogP contribution >= 0.6 is 0 Å². The van der Waals surface area contributed by atoms with E-state index in [4.69, 9.17) is 0 Å². The number of nitrogens with one attached hydrogen (secondary N) is 1. The van der Waals surface area contributed by atoms with Crippen LogP contribution in [0.3, 0.4) is 0 Å². The summed E-state index contributed by atoms with van der Waals surface area (Å²) in [4.78, 5) is 2.62. The Balaban J connectivity index is 1.77. The molecule has 0 aliphatic carbocycles. The van der Waals surface area contributed by atoms with Crippen molar-refractivity contribution in [3.8, 4) is 11.8 Å². The molecule has 2 heteroatoms. The maximum absolute atomic E-state index is 3.68. The smallest absolute Gasteiger partial charge is 0.0214 e. The van der Waals surface area contributed by atoms with Crippen molar-refractivity contribution in [2.24, 2.45) is 0 Å². The molecule has 2 saturated heterocycles. The fraction of sp³-hybridized carbons (Fsp3) is 0.857. The zero-order valence-corrected chi connectivity index (χ0v) is 10.6. The summed E-state index contributed by atoms with van der Waals surface area (Å²) in [5, 5.41) is 3.68. The van der Waals surface area contributed by atoms with Gasteiger partial charge in [0.25, 0.3) is 0 Å². The minimum Gasteiger partial charge on any atom is -0.313 e. The standard InChI is InChI=1S/C14H24N2/c1-3-4-5-9-15-12-10-13-7-6-8-14(11-12)16(13)2/h12-15H,5-11H2,1-2H3. The lowest BCUT2D eigenvalue weighted by molar-refractivity contribution is 0.0489. The van der Waals surface area contributed by atoms with Gasteiger partial charge in [0, 0.05) is 31.1 Å². The summed E-state index contributed by atoms with van der Waals surface area (Å²) in [7, 11) is 2.31. The van der Waals surface area contributed by atoms with E-state index < -0.39 is 0 Å². The molecule has 2 aliphatic heterocycles. The van der Waals surface area contributed by atoms with Gasteiger partial charge in [0.2, 0.25) is 0 Å². The fourth-order valence-electron chi connectivity index (χ4n) is 3.25. The molecule has 2 nitrogen and oxygen atoms in total. The highest BCUT2D eigenvalue weighted by atomic mass is 15.2. The van der Waals surface area contributed by atoms with E-state index >= 15 is 0 Å². The third-order valence-electron chi connectivity index (χ3n) is 4.20. The first-order chi connectivity index (χ1) is 7.81. The summed E-state index contributed by atoms with van der Waals surface area (Å²) in [5.74, 6) is 6.08. The van der Waals surface area contributed by atoms with Gasteiger partial charge in [-0.15, -0.1) is 11.8 Å². The van der Waals surface area contributed by atoms with Crippen LogP contribution in [0.15, 0.2) is 0 Å². The molecule has 0 amide bonds. The topological polar surface area (TPSA) is 15.3 Å². The number of nitrogens with zero attached hydrogens (tertiary/aromatic N) is 1. The van der Waals surface area contributed by atoms with Crippen LogP contribution in [0.25, 0.3) is 0 Å². The lowest BCUT2D eigenvalue weighted by Crippen LogP contribution is -2.54. The molecule has 2 unspecified atom stereocenters. The highest BCUT2D eigenvalue weighted by molar-refractivity contribution is 4.97. The Morgan fingerprint density at radius 1 is 1.25 bits per heavy atom. The van der Waals surface area contributed by atoms with Crippen LogP contribution in [0.1, 0.15) is 45.4 Å². The summed E-state index contributed by atoms with van der Waals surface area (Å²) >= 11 is 0. The van der Waals surface area contributed by atoms with Crippen LogP contribution in [-0.4, -0.2) is 36.6 Å². The second-order valence-corrected chi connectivity index (χ2v) is 5.20. The van der Waals surface area contributed by atoms with Crippen molar-refractivity contribution in [3.63, 3.8) is 0 Å². The van der Waals surface area contributed by atoms with Gasteiger partial charge in [-0.2, -0.15) is 0 Å². The van der Waals surface area contributed by atoms with E-state index in [9.17, 15) is 0 Å². The Morgan fingerprint density at radius 3 is 2.56 bits per heavy atom. The maximum atomic E-state index is 3.68. The first-order valence-electron chi connectivity index (χ1n) is 6.66. The Hall–Kier alpha value is -0.520. The van der Waals surface area contributed by atoms with E-state index in [2.05, 4.69) is 29.1 Å². The Kier molecular flexibility index (Phi) is 4.26. The predicted molar refractivity (Wildman–Crippen MR) is 68.3 cm³/mol. The zero-order chi connectivity index (χ0) is 11.4. The average molecular weight is 220 g/mol. The lowest BCUT2D eigenvalue weighted by Gasteiger charge is -2.47. The highest BCUT2D eigenvalue weighted by Crippen LogP contribution is 2.32. The molecule has 0 aromatic heterocycles. The third-order valence-corrected chi connectivity index (χ3v) is 4.20. The molecule has 2 heterocycles. The first-order valence-corrected chi connectivity index (χ1v) is 6.66. The Bertz CT molecular complexity index is 262. The monoisotopic (exact) mass is 220 g/mol. The van der Waals surface area contributed by atoms with Gasteiger partial charge in [-0.1, -0.05) is 6.42 Å². The molecule has 2 fully saturated rings. The number of piperidine rings is 2. The lowest BCUT2D eigenvalue weighted by atomic mass is 9.82. The van der Waals surface area contributed by atoms with Gasteiger partial charge in [-0.25, -0.2) is 0 Å². The minimum absolute atomic E-state index is 0.741. The average Bonchev–Trinajstić information content (AvgIpc) is 2.25. The predicted octanol–water partition coefficient (Wildman–Crippen LogP) is 2.00. The van der Waals surface area contributed by atoms with Crippen molar-refractivity contribution >= 4 is 0 Å². The maximum Gasteiger partial charge on any atom is 0.0214 e. The molecule has 2 atom stereocenters. The highest BCUT2D eigenvalue weighted by Gasteiger charge is 2.35. The second kappa shape index (κ2) is 5.70. The number of fused-ring (bicyclic) bond motifs is 2. The summed E-state index contributed by atoms with van der Waals surface area (Å²) in [6, 6.07) is 2.41. The van der Waals surface area contributed by atoms with Crippen LogP contribution in [0.4, 0.5) is 0 Å². The van der Waals surface area contributed by atoms with Gasteiger partial charge in [-0.3, -0.25) is 0 Å². The normalized spacial score (nSPS) is 34.2. The van der Waals surface area contributed by atoms with Gasteiger partial charge < -0.3 is 10.2 Å². The van der Waals surface area contributed by atoms with Crippen molar-refractivity contribution in [2.45, 2.75) is 63.6 Å². The van der Waals surface area contributed by atoms with E-state index in [1.165, 1.54) is 32.1 Å². The number of hydrogen-bond acceptors (Lipinski definition) is 2. The molecule has 2 aliphatic rings. The molecule has 2 rings (SSSR count). The molecule has 0 spiro atoms. The molecule has 0 radical (unpaired) electrons. The molecule has 0 aromatic carbocycles. The summed E-state index contributed by atoms with van der Waals surface area (Å²) in [6.45, 7) is 2.98. The van der Waals surface area contributed by atoms with Crippen molar-refractivity contribution in [1.82, 2.24) is 10.2 Å². The SMILES string of the molecule is CC#CCCNC1CC2CCCC(C1)N2C. The summed E-state index contributed by atoms with van der Waals surface area (Å²) in [5.41, 5.74) is 0. The van der Waals surface area contributed by atoms with Crippen LogP contribution in [0.2, 0.25) is 0 Å². The molecule has 90 valence electrons. The second-order valence-electron chi connectivity index (χ2n) is 5.20. The van der Waals surface area contributed by atoms with Crippen LogP contribution in [0.5, 0.6) is 0 Å². The molecular formula is C14H24N2. The van der Waals surface area contributed by atoms with Gasteiger partial charge in [-0.05, 0) is 39.7 Å². The van der Waals surface area contributed by atoms with Gasteiger partial charge >= 0.3 is 0 Å². The van der Waals surface area contributed by atoms with Crippen molar-refractivity contribution < 1.29 is 0 Å². The zero-order valence-electron chi connectivity index (χ0n) is 10.6. The van der Waals surface area contributed by atoms with E-state index in [1.807, 2.05) is 6.92 Å². The van der Waals surface area contributed by atoms with Crippen molar-refractivity contribution in [3.05, 3.63) is 0 Å². The van der Waals surface area contributed by atoms with Gasteiger partial charge in [0.1, 0.15) is 0 Å². The van der Waals surface area contributed by atoms with Crippen LogP contribution in [-0.2, 0) is 0 Å².